The van der Waals surface area contributed by atoms with E-state index in [0.29, 0.717) is 0 Å². The average Bonchev–Trinajstić information content (AvgIpc) is 4.23. The molecule has 6 heterocycles. The zero-order valence-corrected chi connectivity index (χ0v) is 42.3. The van der Waals surface area contributed by atoms with Crippen molar-refractivity contribution < 1.29 is 0 Å². The van der Waals surface area contributed by atoms with Gasteiger partial charge in [-0.05, 0) is 160 Å². The van der Waals surface area contributed by atoms with Gasteiger partial charge >= 0.3 is 0 Å². The van der Waals surface area contributed by atoms with E-state index in [1.165, 1.54) is 120 Å². The van der Waals surface area contributed by atoms with E-state index >= 15 is 0 Å². The first-order chi connectivity index (χ1) is 38.2. The zero-order chi connectivity index (χ0) is 50.3. The zero-order valence-electron chi connectivity index (χ0n) is 41.5. The van der Waals surface area contributed by atoms with E-state index in [1.54, 1.807) is 0 Å². The molecule has 10 aromatic carbocycles. The second-order valence-electron chi connectivity index (χ2n) is 20.5. The van der Waals surface area contributed by atoms with Crippen molar-refractivity contribution in [1.29, 1.82) is 0 Å². The van der Waals surface area contributed by atoms with Gasteiger partial charge in [0.25, 0.3) is 0 Å². The van der Waals surface area contributed by atoms with E-state index in [2.05, 4.69) is 262 Å². The topological polar surface area (TPSA) is 40.6 Å². The Morgan fingerprint density at radius 1 is 0.273 bits per heavy atom. The Morgan fingerprint density at radius 3 is 1.19 bits per heavy atom. The Kier molecular flexibility index (Phi) is 8.92. The molecule has 0 N–H and O–H groups in total. The van der Waals surface area contributed by atoms with Crippen molar-refractivity contribution in [2.75, 3.05) is 0 Å². The second-order valence-corrected chi connectivity index (χ2v) is 21.5. The van der Waals surface area contributed by atoms with Gasteiger partial charge in [0.15, 0.2) is 0 Å². The monoisotopic (exact) mass is 997 g/mol. The molecular weight excluding hydrogens is 955 g/mol. The first kappa shape index (κ1) is 42.6. The number of fused-ring (bicyclic) bond motifs is 18. The SMILES string of the molecule is c1ccc(-n2c3ccccc3c3cc(-c4ccc5c(c4)C4(c6ccc(-c7ccc8c(c7)c7ccccc7n8-c7ccc(-n8c9ccccc9c9ccccc98)cc7)cc6S5)c5cccnc5-c5ncccc54)ccc32)cc1. The molecule has 0 unspecified atom stereocenters. The molecule has 1 aliphatic carbocycles. The first-order valence-corrected chi connectivity index (χ1v) is 27.1. The summed E-state index contributed by atoms with van der Waals surface area (Å²) in [5, 5.41) is 7.46. The minimum Gasteiger partial charge on any atom is -0.309 e. The summed E-state index contributed by atoms with van der Waals surface area (Å²) in [6.45, 7) is 0. The largest absolute Gasteiger partial charge is 0.309 e. The van der Waals surface area contributed by atoms with Crippen molar-refractivity contribution in [3.8, 4) is 50.7 Å². The third-order valence-corrected chi connectivity index (χ3v) is 17.7. The quantitative estimate of drug-likeness (QED) is 0.172. The van der Waals surface area contributed by atoms with Crippen LogP contribution in [0.15, 0.2) is 271 Å². The van der Waals surface area contributed by atoms with Crippen molar-refractivity contribution in [1.82, 2.24) is 23.7 Å². The van der Waals surface area contributed by atoms with Gasteiger partial charge in [0, 0.05) is 71.6 Å². The molecule has 0 amide bonds. The number of aromatic nitrogens is 5. The number of rotatable bonds is 5. The van der Waals surface area contributed by atoms with Crippen LogP contribution in [-0.4, -0.2) is 23.7 Å². The summed E-state index contributed by atoms with van der Waals surface area (Å²) in [5.41, 5.74) is 21.4. The lowest BCUT2D eigenvalue weighted by Gasteiger charge is -2.39. The van der Waals surface area contributed by atoms with Crippen LogP contribution in [0.1, 0.15) is 22.3 Å². The van der Waals surface area contributed by atoms with Crippen molar-refractivity contribution in [2.24, 2.45) is 0 Å². The van der Waals surface area contributed by atoms with Crippen LogP contribution in [0.4, 0.5) is 0 Å². The highest BCUT2D eigenvalue weighted by molar-refractivity contribution is 7.99. The van der Waals surface area contributed by atoms with Gasteiger partial charge in [0.05, 0.1) is 49.9 Å². The summed E-state index contributed by atoms with van der Waals surface area (Å²) >= 11 is 1.87. The highest BCUT2D eigenvalue weighted by Gasteiger charge is 2.51. The van der Waals surface area contributed by atoms with Gasteiger partial charge in [0.2, 0.25) is 0 Å². The molecule has 358 valence electrons. The van der Waals surface area contributed by atoms with E-state index in [4.69, 9.17) is 9.97 Å². The fourth-order valence-electron chi connectivity index (χ4n) is 13.4. The van der Waals surface area contributed by atoms with Crippen LogP contribution in [0.2, 0.25) is 0 Å². The Balaban J connectivity index is 0.795. The fourth-order valence-corrected chi connectivity index (χ4v) is 14.6. The lowest BCUT2D eigenvalue weighted by atomic mass is 9.67. The maximum absolute atomic E-state index is 5.07. The van der Waals surface area contributed by atoms with Crippen molar-refractivity contribution in [3.63, 3.8) is 0 Å². The van der Waals surface area contributed by atoms with Gasteiger partial charge in [-0.1, -0.05) is 145 Å². The summed E-state index contributed by atoms with van der Waals surface area (Å²) in [6.07, 6.45) is 3.82. The van der Waals surface area contributed by atoms with Gasteiger partial charge in [-0.2, -0.15) is 0 Å². The standard InChI is InChI=1S/C71H43N5S/c1-2-14-48(15-3-1)74-63-24-10-6-18-53(63)55-40-44(27-35-65(55)74)46-29-37-67-60(42-46)71(58-20-12-38-72-69(58)70-59(71)21-13-39-73-70)57-34-26-47(43-68(57)77-67)45-28-36-66-56(41-45)54-19-7-11-25-64(54)76(66)50-32-30-49(31-33-50)75-61-22-8-4-16-51(61)52-17-5-9-23-62(52)75/h1-43H. The molecule has 0 fully saturated rings. The van der Waals surface area contributed by atoms with E-state index in [9.17, 15) is 0 Å². The Hall–Kier alpha value is -9.75. The van der Waals surface area contributed by atoms with Gasteiger partial charge in [0.1, 0.15) is 0 Å². The van der Waals surface area contributed by atoms with Gasteiger partial charge < -0.3 is 13.7 Å². The van der Waals surface area contributed by atoms with Gasteiger partial charge in [-0.25, -0.2) is 0 Å². The van der Waals surface area contributed by atoms with Gasteiger partial charge in [-0.15, -0.1) is 0 Å². The lowest BCUT2D eigenvalue weighted by molar-refractivity contribution is 0.720. The molecule has 0 radical (unpaired) electrons. The molecule has 5 aromatic heterocycles. The molecule has 0 saturated heterocycles. The van der Waals surface area contributed by atoms with Crippen LogP contribution in [0, 0.1) is 0 Å². The van der Waals surface area contributed by atoms with Crippen molar-refractivity contribution >= 4 is 77.2 Å². The predicted molar refractivity (Wildman–Crippen MR) is 317 cm³/mol. The molecule has 77 heavy (non-hydrogen) atoms. The van der Waals surface area contributed by atoms with Crippen LogP contribution in [-0.2, 0) is 5.41 Å². The highest BCUT2D eigenvalue weighted by atomic mass is 32.2. The number of benzene rings is 10. The fraction of sp³-hybridized carbons (Fsp3) is 0.0141. The highest BCUT2D eigenvalue weighted by Crippen LogP contribution is 2.62. The third-order valence-electron chi connectivity index (χ3n) is 16.6. The van der Waals surface area contributed by atoms with Crippen LogP contribution in [0.25, 0.3) is 116 Å². The predicted octanol–water partition coefficient (Wildman–Crippen LogP) is 17.9. The molecule has 5 nitrogen and oxygen atoms in total. The molecule has 17 rings (SSSR count). The smallest absolute Gasteiger partial charge is 0.0937 e. The van der Waals surface area contributed by atoms with Crippen LogP contribution < -0.4 is 0 Å². The third kappa shape index (κ3) is 5.96. The van der Waals surface area contributed by atoms with E-state index < -0.39 is 5.41 Å². The summed E-state index contributed by atoms with van der Waals surface area (Å²) in [7, 11) is 0. The molecule has 0 atom stereocenters. The molecule has 15 aromatic rings. The number of hydrogen-bond acceptors (Lipinski definition) is 3. The summed E-state index contributed by atoms with van der Waals surface area (Å²) in [5.74, 6) is 0. The van der Waals surface area contributed by atoms with E-state index in [1.807, 2.05) is 24.2 Å². The van der Waals surface area contributed by atoms with Crippen LogP contribution in [0.3, 0.4) is 0 Å². The number of pyridine rings is 2. The number of para-hydroxylation sites is 5. The number of hydrogen-bond donors (Lipinski definition) is 0. The number of nitrogens with zero attached hydrogens (tertiary/aromatic N) is 5. The van der Waals surface area contributed by atoms with Crippen molar-refractivity contribution in [2.45, 2.75) is 15.2 Å². The molecule has 0 saturated carbocycles. The molecule has 1 aliphatic heterocycles. The molecule has 6 heteroatoms. The maximum Gasteiger partial charge on any atom is 0.0937 e. The first-order valence-electron chi connectivity index (χ1n) is 26.3. The Bertz CT molecular complexity index is 4860. The second kappa shape index (κ2) is 16.1. The summed E-state index contributed by atoms with van der Waals surface area (Å²) in [4.78, 5) is 12.6. The van der Waals surface area contributed by atoms with E-state index in [-0.39, 0.29) is 0 Å². The maximum atomic E-state index is 5.07. The van der Waals surface area contributed by atoms with Crippen LogP contribution >= 0.6 is 11.8 Å². The normalized spacial score (nSPS) is 13.2. The van der Waals surface area contributed by atoms with Crippen LogP contribution in [0.5, 0.6) is 0 Å². The summed E-state index contributed by atoms with van der Waals surface area (Å²) < 4.78 is 7.18. The minimum atomic E-state index is -0.639. The minimum absolute atomic E-state index is 0.639. The molecule has 2 aliphatic rings. The molecular formula is C71H43N5S. The molecule has 1 spiro atoms. The van der Waals surface area contributed by atoms with E-state index in [0.717, 1.165) is 28.5 Å². The lowest BCUT2D eigenvalue weighted by Crippen LogP contribution is -2.32. The van der Waals surface area contributed by atoms with Crippen molar-refractivity contribution in [3.05, 3.63) is 283 Å². The average molecular weight is 998 g/mol. The van der Waals surface area contributed by atoms with Gasteiger partial charge in [-0.3, -0.25) is 9.97 Å². The Labute approximate surface area is 447 Å². The summed E-state index contributed by atoms with van der Waals surface area (Å²) in [6, 6.07) is 91.7. The molecule has 0 bridgehead atoms. The Morgan fingerprint density at radius 2 is 0.675 bits per heavy atom.